The predicted octanol–water partition coefficient (Wildman–Crippen LogP) is 4.28. The van der Waals surface area contributed by atoms with Gasteiger partial charge in [0, 0.05) is 5.56 Å². The van der Waals surface area contributed by atoms with Crippen LogP contribution in [0, 0.1) is 0 Å². The van der Waals surface area contributed by atoms with Crippen LogP contribution in [0.4, 0.5) is 0 Å². The van der Waals surface area contributed by atoms with Gasteiger partial charge in [-0.05, 0) is 11.6 Å². The normalized spacial score (nSPS) is 11.9. The molecule has 1 aromatic carbocycles. The first-order valence-electron chi connectivity index (χ1n) is 5.67. The van der Waals surface area contributed by atoms with E-state index in [0.717, 1.165) is 5.57 Å². The second kappa shape index (κ2) is 7.80. The Kier molecular flexibility index (Phi) is 5.91. The molecule has 90 valence electrons. The van der Waals surface area contributed by atoms with E-state index < -0.39 is 0 Å². The third kappa shape index (κ3) is 4.62. The van der Waals surface area contributed by atoms with E-state index in [4.69, 9.17) is 0 Å². The maximum atomic E-state index is 11.8. The smallest absolute Gasteiger partial charge is 0.185 e. The number of carbonyl (C=O) groups excluding carboxylic acids is 1. The summed E-state index contributed by atoms with van der Waals surface area (Å²) in [5, 5.41) is 0. The molecule has 0 aliphatic heterocycles. The fourth-order valence-corrected chi connectivity index (χ4v) is 1.35. The summed E-state index contributed by atoms with van der Waals surface area (Å²) in [5.41, 5.74) is 1.58. The largest absolute Gasteiger partial charge is 0.289 e. The average Bonchev–Trinajstić information content (AvgIpc) is 2.42. The lowest BCUT2D eigenvalue weighted by molar-refractivity contribution is 0.104. The first-order chi connectivity index (χ1) is 8.77. The van der Waals surface area contributed by atoms with Crippen LogP contribution in [0.3, 0.4) is 0 Å². The number of ketones is 1. The van der Waals surface area contributed by atoms with Crippen LogP contribution in [-0.4, -0.2) is 5.78 Å². The van der Waals surface area contributed by atoms with Gasteiger partial charge < -0.3 is 0 Å². The Labute approximate surface area is 108 Å². The second-order valence-corrected chi connectivity index (χ2v) is 3.56. The summed E-state index contributed by atoms with van der Waals surface area (Å²) in [6.45, 7) is 7.24. The number of hydrogen-bond acceptors (Lipinski definition) is 1. The van der Waals surface area contributed by atoms with Gasteiger partial charge in [0.25, 0.3) is 0 Å². The van der Waals surface area contributed by atoms with Crippen LogP contribution in [0.5, 0.6) is 0 Å². The van der Waals surface area contributed by atoms with Crippen LogP contribution >= 0.6 is 0 Å². The molecule has 0 aliphatic carbocycles. The van der Waals surface area contributed by atoms with E-state index in [1.807, 2.05) is 36.4 Å². The maximum absolute atomic E-state index is 11.8. The summed E-state index contributed by atoms with van der Waals surface area (Å²) in [6, 6.07) is 9.17. The lowest BCUT2D eigenvalue weighted by Crippen LogP contribution is -1.92. The van der Waals surface area contributed by atoms with E-state index >= 15 is 0 Å². The average molecular weight is 236 g/mol. The quantitative estimate of drug-likeness (QED) is 0.409. The van der Waals surface area contributed by atoms with E-state index in [1.54, 1.807) is 36.4 Å². The Balaban J connectivity index is 2.81. The number of hydrogen-bond donors (Lipinski definition) is 0. The van der Waals surface area contributed by atoms with Gasteiger partial charge in [0.1, 0.15) is 0 Å². The van der Waals surface area contributed by atoms with Crippen molar-refractivity contribution in [1.29, 1.82) is 0 Å². The Morgan fingerprint density at radius 3 is 2.28 bits per heavy atom. The van der Waals surface area contributed by atoms with Crippen molar-refractivity contribution in [3.8, 4) is 0 Å². The van der Waals surface area contributed by atoms with E-state index in [1.165, 1.54) is 0 Å². The molecule has 0 spiro atoms. The summed E-state index contributed by atoms with van der Waals surface area (Å²) in [6.07, 6.45) is 12.2. The standard InChI is InChI=1S/C17H16O/c1-3-5-10-15(9-4-2)13-14-17(18)16-11-7-6-8-12-16/h3-14H,1-2H2/b10-5-,14-13+,15-9+. The topological polar surface area (TPSA) is 17.1 Å². The van der Waals surface area contributed by atoms with Crippen molar-refractivity contribution < 1.29 is 4.79 Å². The van der Waals surface area contributed by atoms with Crippen molar-refractivity contribution in [3.63, 3.8) is 0 Å². The molecule has 18 heavy (non-hydrogen) atoms. The summed E-state index contributed by atoms with van der Waals surface area (Å²) < 4.78 is 0. The second-order valence-electron chi connectivity index (χ2n) is 3.56. The molecule has 0 aromatic heterocycles. The minimum atomic E-state index is -0.0161. The van der Waals surface area contributed by atoms with Gasteiger partial charge in [-0.25, -0.2) is 0 Å². The lowest BCUT2D eigenvalue weighted by Gasteiger charge is -1.95. The SMILES string of the molecule is C=C\C=C/C(/C=C/C(=O)c1ccccc1)=C\C=C. The zero-order valence-electron chi connectivity index (χ0n) is 10.3. The molecular formula is C17H16O. The molecule has 0 saturated carbocycles. The minimum absolute atomic E-state index is 0.0161. The van der Waals surface area contributed by atoms with Crippen molar-refractivity contribution in [2.75, 3.05) is 0 Å². The number of benzene rings is 1. The fraction of sp³-hybridized carbons (Fsp3) is 0. The van der Waals surface area contributed by atoms with Gasteiger partial charge in [-0.1, -0.05) is 79.9 Å². The molecule has 0 atom stereocenters. The monoisotopic (exact) mass is 236 g/mol. The first-order valence-corrected chi connectivity index (χ1v) is 5.67. The van der Waals surface area contributed by atoms with E-state index in [9.17, 15) is 4.79 Å². The molecule has 0 saturated heterocycles. The zero-order chi connectivity index (χ0) is 13.2. The van der Waals surface area contributed by atoms with Crippen molar-refractivity contribution in [3.05, 3.63) is 97.2 Å². The third-order valence-electron chi connectivity index (χ3n) is 2.22. The summed E-state index contributed by atoms with van der Waals surface area (Å²) in [5.74, 6) is -0.0161. The minimum Gasteiger partial charge on any atom is -0.289 e. The Morgan fingerprint density at radius 2 is 1.67 bits per heavy atom. The lowest BCUT2D eigenvalue weighted by atomic mass is 10.1. The highest BCUT2D eigenvalue weighted by atomic mass is 16.1. The molecular weight excluding hydrogens is 220 g/mol. The van der Waals surface area contributed by atoms with Gasteiger partial charge in [0.05, 0.1) is 0 Å². The summed E-state index contributed by atoms with van der Waals surface area (Å²) >= 11 is 0. The van der Waals surface area contributed by atoms with Gasteiger partial charge in [-0.15, -0.1) is 0 Å². The molecule has 0 amide bonds. The number of allylic oxidation sites excluding steroid dienone is 8. The van der Waals surface area contributed by atoms with Crippen LogP contribution in [0.25, 0.3) is 0 Å². The number of rotatable bonds is 6. The molecule has 1 nitrogen and oxygen atoms in total. The zero-order valence-corrected chi connectivity index (χ0v) is 10.3. The molecule has 0 radical (unpaired) electrons. The molecule has 1 rings (SSSR count). The molecule has 1 aromatic rings. The van der Waals surface area contributed by atoms with Crippen LogP contribution in [0.2, 0.25) is 0 Å². The highest BCUT2D eigenvalue weighted by Gasteiger charge is 1.98. The van der Waals surface area contributed by atoms with Gasteiger partial charge in [-0.2, -0.15) is 0 Å². The Hall–Kier alpha value is -2.41. The van der Waals surface area contributed by atoms with Gasteiger partial charge in [-0.3, -0.25) is 4.79 Å². The highest BCUT2D eigenvalue weighted by molar-refractivity contribution is 6.04. The van der Waals surface area contributed by atoms with Gasteiger partial charge in [0.15, 0.2) is 5.78 Å². The molecule has 0 fully saturated rings. The Morgan fingerprint density at radius 1 is 0.944 bits per heavy atom. The van der Waals surface area contributed by atoms with Crippen LogP contribution in [0.15, 0.2) is 91.6 Å². The first kappa shape index (κ1) is 13.7. The predicted molar refractivity (Wildman–Crippen MR) is 77.5 cm³/mol. The van der Waals surface area contributed by atoms with E-state index in [-0.39, 0.29) is 5.78 Å². The maximum Gasteiger partial charge on any atom is 0.185 e. The summed E-state index contributed by atoms with van der Waals surface area (Å²) in [7, 11) is 0. The number of carbonyl (C=O) groups is 1. The van der Waals surface area contributed by atoms with Gasteiger partial charge in [0.2, 0.25) is 0 Å². The van der Waals surface area contributed by atoms with Crippen molar-refractivity contribution >= 4 is 5.78 Å². The van der Waals surface area contributed by atoms with E-state index in [2.05, 4.69) is 13.2 Å². The van der Waals surface area contributed by atoms with Crippen LogP contribution in [0.1, 0.15) is 10.4 Å². The molecule has 0 bridgehead atoms. The molecule has 1 heteroatoms. The fourth-order valence-electron chi connectivity index (χ4n) is 1.35. The van der Waals surface area contributed by atoms with Crippen molar-refractivity contribution in [2.24, 2.45) is 0 Å². The third-order valence-corrected chi connectivity index (χ3v) is 2.22. The van der Waals surface area contributed by atoms with Crippen LogP contribution < -0.4 is 0 Å². The summed E-state index contributed by atoms with van der Waals surface area (Å²) in [4.78, 5) is 11.8. The van der Waals surface area contributed by atoms with Crippen molar-refractivity contribution in [1.82, 2.24) is 0 Å². The van der Waals surface area contributed by atoms with Gasteiger partial charge >= 0.3 is 0 Å². The van der Waals surface area contributed by atoms with E-state index in [0.29, 0.717) is 5.56 Å². The molecule has 0 aliphatic rings. The molecule has 0 heterocycles. The molecule has 0 N–H and O–H groups in total. The highest BCUT2D eigenvalue weighted by Crippen LogP contribution is 2.05. The van der Waals surface area contributed by atoms with Crippen LogP contribution in [-0.2, 0) is 0 Å². The Bertz CT molecular complexity index is 502. The van der Waals surface area contributed by atoms with Crippen molar-refractivity contribution in [2.45, 2.75) is 0 Å². The molecule has 0 unspecified atom stereocenters.